The molecule has 0 bridgehead atoms. The Morgan fingerprint density at radius 1 is 0.703 bits per heavy atom. The van der Waals surface area contributed by atoms with E-state index in [1.54, 1.807) is 0 Å². The molecule has 4 unspecified atom stereocenters. The van der Waals surface area contributed by atoms with E-state index in [9.17, 15) is 38.7 Å². The molecule has 4 atom stereocenters. The lowest BCUT2D eigenvalue weighted by atomic mass is 10.1. The second-order valence-corrected chi connectivity index (χ2v) is 7.78. The Bertz CT molecular complexity index is 905. The molecule has 0 aliphatic carbocycles. The van der Waals surface area contributed by atoms with Gasteiger partial charge in [-0.15, -0.1) is 0 Å². The third-order valence-electron chi connectivity index (χ3n) is 4.61. The lowest BCUT2D eigenvalue weighted by Gasteiger charge is -2.24. The monoisotopic (exact) mass is 532 g/mol. The summed E-state index contributed by atoms with van der Waals surface area (Å²) in [5.74, 6) is -8.70. The van der Waals surface area contributed by atoms with Crippen molar-refractivity contribution in [2.75, 3.05) is 6.54 Å². The van der Waals surface area contributed by atoms with Crippen molar-refractivity contribution in [1.29, 1.82) is 0 Å². The van der Waals surface area contributed by atoms with Crippen LogP contribution in [-0.4, -0.2) is 93.5 Å². The minimum Gasteiger partial charge on any atom is -0.481 e. The number of hydrogen-bond donors (Lipinski definition) is 10. The normalized spacial score (nSPS) is 13.6. The predicted octanol–water partition coefficient (Wildman–Crippen LogP) is -4.88. The fourth-order valence-corrected chi connectivity index (χ4v) is 2.81. The number of guanidine groups is 1. The van der Waals surface area contributed by atoms with Crippen molar-refractivity contribution in [2.24, 2.45) is 27.9 Å². The summed E-state index contributed by atoms with van der Waals surface area (Å²) < 4.78 is 0. The molecule has 0 fully saturated rings. The molecule has 0 heterocycles. The number of nitrogens with one attached hydrogen (secondary N) is 3. The van der Waals surface area contributed by atoms with E-state index in [-0.39, 0.29) is 25.3 Å². The van der Waals surface area contributed by atoms with Gasteiger partial charge < -0.3 is 54.2 Å². The molecule has 18 heteroatoms. The Morgan fingerprint density at radius 3 is 1.68 bits per heavy atom. The SMILES string of the molecule is NC(=O)CC(NC(=O)C(CCC(=O)O)NC(=O)C(CCCN=C(N)N)NC(=O)C(N)CC(=O)O)C(=O)O. The first-order valence-electron chi connectivity index (χ1n) is 10.8. The Hall–Kier alpha value is -4.48. The number of rotatable bonds is 18. The molecule has 0 radical (unpaired) electrons. The largest absolute Gasteiger partial charge is 0.481 e. The summed E-state index contributed by atoms with van der Waals surface area (Å²) in [5.41, 5.74) is 20.9. The Kier molecular flexibility index (Phi) is 14.3. The Labute approximate surface area is 210 Å². The number of carbonyl (C=O) groups is 7. The number of nitrogens with zero attached hydrogens (tertiary/aromatic N) is 1. The minimum atomic E-state index is -1.75. The molecule has 18 nitrogen and oxygen atoms in total. The molecule has 37 heavy (non-hydrogen) atoms. The highest BCUT2D eigenvalue weighted by molar-refractivity contribution is 5.95. The van der Waals surface area contributed by atoms with Gasteiger partial charge in [-0.1, -0.05) is 0 Å². The van der Waals surface area contributed by atoms with Crippen LogP contribution in [0.5, 0.6) is 0 Å². The smallest absolute Gasteiger partial charge is 0.326 e. The highest BCUT2D eigenvalue weighted by atomic mass is 16.4. The van der Waals surface area contributed by atoms with Crippen molar-refractivity contribution >= 4 is 47.5 Å². The van der Waals surface area contributed by atoms with Gasteiger partial charge in [0.05, 0.1) is 18.9 Å². The number of carboxylic acid groups (broad SMARTS) is 3. The zero-order chi connectivity index (χ0) is 28.7. The first-order valence-corrected chi connectivity index (χ1v) is 10.8. The lowest BCUT2D eigenvalue weighted by Crippen LogP contribution is -2.57. The van der Waals surface area contributed by atoms with E-state index in [1.165, 1.54) is 0 Å². The second kappa shape index (κ2) is 16.2. The first kappa shape index (κ1) is 32.5. The van der Waals surface area contributed by atoms with Crippen LogP contribution in [0.1, 0.15) is 38.5 Å². The van der Waals surface area contributed by atoms with Gasteiger partial charge in [-0.2, -0.15) is 0 Å². The molecule has 0 saturated heterocycles. The maximum Gasteiger partial charge on any atom is 0.326 e. The summed E-state index contributed by atoms with van der Waals surface area (Å²) in [6, 6.07) is -6.24. The quantitative estimate of drug-likeness (QED) is 0.0450. The zero-order valence-electron chi connectivity index (χ0n) is 19.7. The standard InChI is InChI=1S/C19H32N8O10/c20-8(6-14(31)32)15(33)25-9(2-1-5-24-19(22)23)16(34)26-10(3-4-13(29)30)17(35)27-11(18(36)37)7-12(21)28/h8-11H,1-7,20H2,(H2,21,28)(H,25,33)(H,26,34)(H,27,35)(H,29,30)(H,31,32)(H,36,37)(H4,22,23,24). The third-order valence-corrected chi connectivity index (χ3v) is 4.61. The Balaban J connectivity index is 5.72. The van der Waals surface area contributed by atoms with Crippen LogP contribution in [0.15, 0.2) is 4.99 Å². The fraction of sp³-hybridized carbons (Fsp3) is 0.579. The summed E-state index contributed by atoms with van der Waals surface area (Å²) in [7, 11) is 0. The topological polar surface area (TPSA) is 333 Å². The van der Waals surface area contributed by atoms with E-state index in [0.29, 0.717) is 0 Å². The van der Waals surface area contributed by atoms with Crippen LogP contribution < -0.4 is 38.9 Å². The lowest BCUT2D eigenvalue weighted by molar-refractivity contribution is -0.144. The molecule has 208 valence electrons. The molecular weight excluding hydrogens is 500 g/mol. The van der Waals surface area contributed by atoms with Gasteiger partial charge in [0.2, 0.25) is 23.6 Å². The van der Waals surface area contributed by atoms with Crippen LogP contribution >= 0.6 is 0 Å². The number of amides is 4. The van der Waals surface area contributed by atoms with Crippen molar-refractivity contribution in [2.45, 2.75) is 62.7 Å². The number of aliphatic imine (C=N–C) groups is 1. The molecule has 4 amide bonds. The van der Waals surface area contributed by atoms with Crippen LogP contribution in [0.2, 0.25) is 0 Å². The molecule has 0 aromatic heterocycles. The average molecular weight is 533 g/mol. The summed E-state index contributed by atoms with van der Waals surface area (Å²) in [6.45, 7) is 0.0412. The first-order chi connectivity index (χ1) is 17.1. The maximum atomic E-state index is 12.9. The number of carboxylic acids is 3. The second-order valence-electron chi connectivity index (χ2n) is 7.78. The van der Waals surface area contributed by atoms with Crippen molar-refractivity contribution in [3.8, 4) is 0 Å². The van der Waals surface area contributed by atoms with Crippen molar-refractivity contribution in [1.82, 2.24) is 16.0 Å². The average Bonchev–Trinajstić information content (AvgIpc) is 2.76. The van der Waals surface area contributed by atoms with Crippen molar-refractivity contribution < 1.29 is 48.9 Å². The van der Waals surface area contributed by atoms with E-state index in [0.717, 1.165) is 0 Å². The molecule has 0 aliphatic heterocycles. The van der Waals surface area contributed by atoms with E-state index < -0.39 is 91.4 Å². The maximum absolute atomic E-state index is 12.9. The molecule has 0 aliphatic rings. The highest BCUT2D eigenvalue weighted by Gasteiger charge is 2.31. The predicted molar refractivity (Wildman–Crippen MR) is 124 cm³/mol. The van der Waals surface area contributed by atoms with Gasteiger partial charge in [-0.3, -0.25) is 33.8 Å². The van der Waals surface area contributed by atoms with Crippen LogP contribution in [0.3, 0.4) is 0 Å². The third kappa shape index (κ3) is 14.5. The van der Waals surface area contributed by atoms with E-state index in [1.807, 2.05) is 5.32 Å². The number of carbonyl (C=O) groups excluding carboxylic acids is 4. The van der Waals surface area contributed by atoms with Gasteiger partial charge in [0.15, 0.2) is 5.96 Å². The van der Waals surface area contributed by atoms with Crippen LogP contribution in [-0.2, 0) is 33.6 Å². The van der Waals surface area contributed by atoms with Gasteiger partial charge in [-0.05, 0) is 19.3 Å². The minimum absolute atomic E-state index is 0.0412. The molecule has 0 spiro atoms. The molecule has 0 aromatic carbocycles. The number of primary amides is 1. The summed E-state index contributed by atoms with van der Waals surface area (Å²) in [5, 5.41) is 33.4. The van der Waals surface area contributed by atoms with Crippen molar-refractivity contribution in [3.63, 3.8) is 0 Å². The zero-order valence-corrected chi connectivity index (χ0v) is 19.7. The van der Waals surface area contributed by atoms with Crippen LogP contribution in [0.4, 0.5) is 0 Å². The van der Waals surface area contributed by atoms with Crippen molar-refractivity contribution in [3.05, 3.63) is 0 Å². The molecule has 0 rings (SSSR count). The molecule has 0 saturated carbocycles. The van der Waals surface area contributed by atoms with Gasteiger partial charge in [0.1, 0.15) is 18.1 Å². The van der Waals surface area contributed by atoms with E-state index >= 15 is 0 Å². The van der Waals surface area contributed by atoms with E-state index in [2.05, 4.69) is 15.6 Å². The number of aliphatic carboxylic acids is 3. The molecular formula is C19H32N8O10. The van der Waals surface area contributed by atoms with E-state index in [4.69, 9.17) is 33.1 Å². The number of nitrogens with two attached hydrogens (primary N) is 4. The van der Waals surface area contributed by atoms with Crippen LogP contribution in [0, 0.1) is 0 Å². The summed E-state index contributed by atoms with van der Waals surface area (Å²) >= 11 is 0. The van der Waals surface area contributed by atoms with Gasteiger partial charge in [0, 0.05) is 13.0 Å². The summed E-state index contributed by atoms with van der Waals surface area (Å²) in [6.07, 6.45) is -2.59. The highest BCUT2D eigenvalue weighted by Crippen LogP contribution is 2.05. The fourth-order valence-electron chi connectivity index (χ4n) is 2.81. The molecule has 0 aromatic rings. The van der Waals surface area contributed by atoms with Gasteiger partial charge in [0.25, 0.3) is 0 Å². The van der Waals surface area contributed by atoms with Crippen LogP contribution in [0.25, 0.3) is 0 Å². The molecule has 14 N–H and O–H groups in total. The van der Waals surface area contributed by atoms with Gasteiger partial charge >= 0.3 is 17.9 Å². The van der Waals surface area contributed by atoms with Gasteiger partial charge in [-0.25, -0.2) is 4.79 Å². The Morgan fingerprint density at radius 2 is 1.22 bits per heavy atom. The number of hydrogen-bond acceptors (Lipinski definition) is 9. The summed E-state index contributed by atoms with van der Waals surface area (Å²) in [4.78, 5) is 85.8.